The van der Waals surface area contributed by atoms with Crippen LogP contribution in [0.5, 0.6) is 0 Å². The molecule has 2 N–H and O–H groups in total. The van der Waals surface area contributed by atoms with E-state index < -0.39 is 0 Å². The van der Waals surface area contributed by atoms with Crippen molar-refractivity contribution in [3.8, 4) is 0 Å². The van der Waals surface area contributed by atoms with Gasteiger partial charge in [-0.1, -0.05) is 12.1 Å². The normalized spacial score (nSPS) is 26.8. The van der Waals surface area contributed by atoms with Gasteiger partial charge >= 0.3 is 0 Å². The fourth-order valence-corrected chi connectivity index (χ4v) is 3.29. The van der Waals surface area contributed by atoms with Crippen molar-refractivity contribution in [1.82, 2.24) is 10.2 Å². The van der Waals surface area contributed by atoms with Gasteiger partial charge in [0.25, 0.3) is 0 Å². The second-order valence-electron chi connectivity index (χ2n) is 5.97. The van der Waals surface area contributed by atoms with Gasteiger partial charge in [0.1, 0.15) is 0 Å². The molecule has 0 radical (unpaired) electrons. The maximum absolute atomic E-state index is 12.1. The number of nitrogens with one attached hydrogen (secondary N) is 2. The molecule has 3 heterocycles. The van der Waals surface area contributed by atoms with Crippen molar-refractivity contribution in [1.29, 1.82) is 0 Å². The lowest BCUT2D eigenvalue weighted by Gasteiger charge is -2.44. The highest BCUT2D eigenvalue weighted by Crippen LogP contribution is 2.27. The third kappa shape index (κ3) is 3.54. The maximum atomic E-state index is 12.1. The lowest BCUT2D eigenvalue weighted by Crippen LogP contribution is -2.57. The van der Waals surface area contributed by atoms with Gasteiger partial charge in [-0.2, -0.15) is 0 Å². The minimum absolute atomic E-state index is 0.0335. The molecular weight excluding hydrogens is 278 g/mol. The molecule has 116 valence electrons. The Balaban J connectivity index is 1.53. The number of hydrogen-bond donors (Lipinski definition) is 2. The van der Waals surface area contributed by atoms with E-state index in [4.69, 9.17) is 0 Å². The quantitative estimate of drug-likeness (QED) is 0.639. The van der Waals surface area contributed by atoms with Gasteiger partial charge < -0.3 is 15.5 Å². The Morgan fingerprint density at radius 2 is 1.91 bits per heavy atom. The molecule has 5 heteroatoms. The lowest BCUT2D eigenvalue weighted by atomic mass is 9.84. The summed E-state index contributed by atoms with van der Waals surface area (Å²) in [6.07, 6.45) is 6.41. The van der Waals surface area contributed by atoms with Crippen LogP contribution in [-0.4, -0.2) is 42.9 Å². The van der Waals surface area contributed by atoms with Gasteiger partial charge in [0.2, 0.25) is 12.3 Å². The Kier molecular flexibility index (Phi) is 4.53. The van der Waals surface area contributed by atoms with Crippen molar-refractivity contribution in [2.45, 2.75) is 18.9 Å². The Hall–Kier alpha value is -2.14. The Morgan fingerprint density at radius 3 is 2.50 bits per heavy atom. The molecule has 0 aromatic heterocycles. The van der Waals surface area contributed by atoms with Crippen LogP contribution in [0.25, 0.3) is 6.08 Å². The zero-order valence-electron chi connectivity index (χ0n) is 12.5. The van der Waals surface area contributed by atoms with Crippen LogP contribution < -0.4 is 10.6 Å². The average Bonchev–Trinajstić information content (AvgIpc) is 2.56. The predicted octanol–water partition coefficient (Wildman–Crippen LogP) is 1.48. The number of amides is 2. The summed E-state index contributed by atoms with van der Waals surface area (Å²) in [5.41, 5.74) is 1.67. The van der Waals surface area contributed by atoms with Crippen molar-refractivity contribution < 1.29 is 9.59 Å². The molecule has 1 atom stereocenters. The number of benzene rings is 1. The molecule has 0 unspecified atom stereocenters. The fraction of sp³-hybridized carbons (Fsp3) is 0.412. The molecule has 1 aromatic carbocycles. The molecular formula is C17H21N3O2. The van der Waals surface area contributed by atoms with Gasteiger partial charge in [-0.05, 0) is 55.6 Å². The Morgan fingerprint density at radius 1 is 1.18 bits per heavy atom. The summed E-state index contributed by atoms with van der Waals surface area (Å²) in [4.78, 5) is 24.8. The predicted molar refractivity (Wildman–Crippen MR) is 86.3 cm³/mol. The zero-order valence-corrected chi connectivity index (χ0v) is 12.5. The van der Waals surface area contributed by atoms with E-state index in [1.165, 1.54) is 25.9 Å². The van der Waals surface area contributed by atoms with Crippen LogP contribution in [0.2, 0.25) is 0 Å². The summed E-state index contributed by atoms with van der Waals surface area (Å²) in [6.45, 7) is 3.33. The number of piperidine rings is 3. The number of nitrogens with zero attached hydrogens (tertiary/aromatic N) is 1. The van der Waals surface area contributed by atoms with Crippen LogP contribution in [0.1, 0.15) is 18.4 Å². The van der Waals surface area contributed by atoms with Gasteiger partial charge in [-0.3, -0.25) is 9.59 Å². The molecule has 2 amide bonds. The van der Waals surface area contributed by atoms with E-state index in [0.717, 1.165) is 17.8 Å². The molecule has 3 aliphatic rings. The van der Waals surface area contributed by atoms with Crippen LogP contribution >= 0.6 is 0 Å². The highest BCUT2D eigenvalue weighted by atomic mass is 16.1. The van der Waals surface area contributed by atoms with Gasteiger partial charge in [-0.15, -0.1) is 0 Å². The van der Waals surface area contributed by atoms with Crippen LogP contribution in [0.15, 0.2) is 30.3 Å². The summed E-state index contributed by atoms with van der Waals surface area (Å²) in [5.74, 6) is 0.602. The number of carbonyl (C=O) groups excluding carboxylic acids is 2. The Labute approximate surface area is 130 Å². The zero-order chi connectivity index (χ0) is 15.4. The first-order valence-corrected chi connectivity index (χ1v) is 7.76. The van der Waals surface area contributed by atoms with E-state index in [1.807, 2.05) is 12.1 Å². The molecule has 3 saturated heterocycles. The van der Waals surface area contributed by atoms with Crippen molar-refractivity contribution >= 4 is 24.1 Å². The van der Waals surface area contributed by atoms with Crippen LogP contribution in [0.3, 0.4) is 0 Å². The SMILES string of the molecule is O=CNc1ccc(/C=C/C(=O)N[C@H]2CN3CCC2CC3)cc1. The largest absolute Gasteiger partial charge is 0.348 e. The van der Waals surface area contributed by atoms with Gasteiger partial charge in [0, 0.05) is 24.4 Å². The van der Waals surface area contributed by atoms with E-state index in [1.54, 1.807) is 24.3 Å². The average molecular weight is 299 g/mol. The molecule has 3 fully saturated rings. The molecule has 22 heavy (non-hydrogen) atoms. The number of carbonyl (C=O) groups is 2. The highest BCUT2D eigenvalue weighted by Gasteiger charge is 2.34. The third-order valence-electron chi connectivity index (χ3n) is 4.55. The Bertz CT molecular complexity index is 560. The number of fused-ring (bicyclic) bond motifs is 3. The topological polar surface area (TPSA) is 61.4 Å². The van der Waals surface area contributed by atoms with Gasteiger partial charge in [0.05, 0.1) is 0 Å². The highest BCUT2D eigenvalue weighted by molar-refractivity contribution is 5.92. The van der Waals surface area contributed by atoms with Crippen LogP contribution in [0, 0.1) is 5.92 Å². The van der Waals surface area contributed by atoms with Gasteiger partial charge in [0.15, 0.2) is 0 Å². The monoisotopic (exact) mass is 299 g/mol. The van der Waals surface area contributed by atoms with Crippen molar-refractivity contribution in [2.75, 3.05) is 25.0 Å². The minimum Gasteiger partial charge on any atom is -0.348 e. The molecule has 3 aliphatic heterocycles. The number of anilines is 1. The van der Waals surface area contributed by atoms with Crippen molar-refractivity contribution in [2.24, 2.45) is 5.92 Å². The first kappa shape index (κ1) is 14.8. The number of hydrogen-bond acceptors (Lipinski definition) is 3. The second-order valence-corrected chi connectivity index (χ2v) is 5.97. The molecule has 0 spiro atoms. The van der Waals surface area contributed by atoms with E-state index in [0.29, 0.717) is 18.4 Å². The molecule has 0 aliphatic carbocycles. The smallest absolute Gasteiger partial charge is 0.244 e. The van der Waals surface area contributed by atoms with E-state index in [-0.39, 0.29) is 5.91 Å². The maximum Gasteiger partial charge on any atom is 0.244 e. The van der Waals surface area contributed by atoms with E-state index >= 15 is 0 Å². The van der Waals surface area contributed by atoms with Crippen molar-refractivity contribution in [3.63, 3.8) is 0 Å². The summed E-state index contributed by atoms with van der Waals surface area (Å²) < 4.78 is 0. The first-order chi connectivity index (χ1) is 10.7. The molecule has 1 aromatic rings. The second kappa shape index (κ2) is 6.75. The molecule has 2 bridgehead atoms. The molecule has 4 rings (SSSR count). The molecule has 5 nitrogen and oxygen atoms in total. The van der Waals surface area contributed by atoms with Crippen LogP contribution in [0.4, 0.5) is 5.69 Å². The van der Waals surface area contributed by atoms with Gasteiger partial charge in [-0.25, -0.2) is 0 Å². The lowest BCUT2D eigenvalue weighted by molar-refractivity contribution is -0.118. The van der Waals surface area contributed by atoms with Crippen LogP contribution in [-0.2, 0) is 9.59 Å². The minimum atomic E-state index is -0.0335. The molecule has 0 saturated carbocycles. The third-order valence-corrected chi connectivity index (χ3v) is 4.55. The van der Waals surface area contributed by atoms with E-state index in [9.17, 15) is 9.59 Å². The summed E-state index contributed by atoms with van der Waals surface area (Å²) in [6, 6.07) is 7.63. The summed E-state index contributed by atoms with van der Waals surface area (Å²) in [7, 11) is 0. The summed E-state index contributed by atoms with van der Waals surface area (Å²) >= 11 is 0. The fourth-order valence-electron chi connectivity index (χ4n) is 3.29. The standard InChI is InChI=1S/C17H21N3O2/c21-12-18-15-4-1-13(2-5-15)3-6-17(22)19-16-11-20-9-7-14(16)8-10-20/h1-6,12,14,16H,7-11H2,(H,18,21)(H,19,22)/b6-3+/t16-/m0/s1. The van der Waals surface area contributed by atoms with Crippen molar-refractivity contribution in [3.05, 3.63) is 35.9 Å². The first-order valence-electron chi connectivity index (χ1n) is 7.76. The van der Waals surface area contributed by atoms with E-state index in [2.05, 4.69) is 15.5 Å². The summed E-state index contributed by atoms with van der Waals surface area (Å²) in [5, 5.41) is 5.71. The number of rotatable bonds is 5.